The molecule has 4 nitrogen and oxygen atoms in total. The number of benzene rings is 1. The average Bonchev–Trinajstić information content (AvgIpc) is 2.30. The molecule has 98 valence electrons. The van der Waals surface area contributed by atoms with Gasteiger partial charge in [-0.1, -0.05) is 30.3 Å². The summed E-state index contributed by atoms with van der Waals surface area (Å²) in [5.41, 5.74) is 6.69. The van der Waals surface area contributed by atoms with E-state index in [9.17, 15) is 4.57 Å². The van der Waals surface area contributed by atoms with E-state index in [0.29, 0.717) is 13.2 Å². The lowest BCUT2D eigenvalue weighted by atomic mass is 10.2. The van der Waals surface area contributed by atoms with Gasteiger partial charge in [-0.05, 0) is 19.4 Å². The first-order valence-corrected chi connectivity index (χ1v) is 6.94. The summed E-state index contributed by atoms with van der Waals surface area (Å²) in [6, 6.07) is 9.20. The van der Waals surface area contributed by atoms with Crippen LogP contribution >= 0.6 is 20.0 Å². The molecule has 6 heteroatoms. The molecular weight excluding hydrogens is 261 g/mol. The summed E-state index contributed by atoms with van der Waals surface area (Å²) in [5.74, 6) is -0.728. The Labute approximate surface area is 108 Å². The highest BCUT2D eigenvalue weighted by molar-refractivity contribution is 7.54. The average molecular weight is 280 g/mol. The second-order valence-corrected chi connectivity index (χ2v) is 5.38. The molecule has 0 unspecified atom stereocenters. The van der Waals surface area contributed by atoms with Gasteiger partial charge in [0, 0.05) is 0 Å². The molecule has 0 fully saturated rings. The van der Waals surface area contributed by atoms with Crippen molar-refractivity contribution in [1.29, 1.82) is 0 Å². The molecule has 1 aromatic rings. The zero-order chi connectivity index (χ0) is 12.0. The second-order valence-electron chi connectivity index (χ2n) is 3.23. The predicted molar refractivity (Wildman–Crippen MR) is 71.5 cm³/mol. The molecule has 0 amide bonds. The SMILES string of the molecule is CCOP(=O)(OCC)[C@H](N)c1ccccc1.Cl. The Kier molecular flexibility index (Phi) is 7.68. The van der Waals surface area contributed by atoms with Crippen molar-refractivity contribution < 1.29 is 13.6 Å². The normalized spacial score (nSPS) is 12.9. The lowest BCUT2D eigenvalue weighted by Gasteiger charge is -2.23. The van der Waals surface area contributed by atoms with Gasteiger partial charge in [0.1, 0.15) is 5.78 Å². The topological polar surface area (TPSA) is 61.5 Å². The minimum absolute atomic E-state index is 0. The molecule has 2 N–H and O–H groups in total. The van der Waals surface area contributed by atoms with Crippen LogP contribution in [0.5, 0.6) is 0 Å². The predicted octanol–water partition coefficient (Wildman–Crippen LogP) is 3.33. The van der Waals surface area contributed by atoms with Crippen LogP contribution in [-0.2, 0) is 13.6 Å². The number of rotatable bonds is 6. The zero-order valence-corrected chi connectivity index (χ0v) is 11.7. The smallest absolute Gasteiger partial charge is 0.314 e. The van der Waals surface area contributed by atoms with Crippen molar-refractivity contribution in [2.45, 2.75) is 19.6 Å². The third-order valence-electron chi connectivity index (χ3n) is 2.10. The van der Waals surface area contributed by atoms with E-state index in [4.69, 9.17) is 14.8 Å². The summed E-state index contributed by atoms with van der Waals surface area (Å²) in [6.45, 7) is 4.17. The third-order valence-corrected chi connectivity index (χ3v) is 4.32. The Balaban J connectivity index is 0.00000256. The molecule has 0 saturated heterocycles. The van der Waals surface area contributed by atoms with Gasteiger partial charge in [0.15, 0.2) is 0 Å². The van der Waals surface area contributed by atoms with Crippen molar-refractivity contribution in [3.63, 3.8) is 0 Å². The maximum Gasteiger partial charge on any atom is 0.351 e. The minimum atomic E-state index is -3.25. The maximum atomic E-state index is 12.3. The molecule has 0 aliphatic heterocycles. The fourth-order valence-corrected chi connectivity index (χ4v) is 3.04. The Morgan fingerprint density at radius 1 is 1.18 bits per heavy atom. The highest BCUT2D eigenvalue weighted by Crippen LogP contribution is 2.58. The summed E-state index contributed by atoms with van der Waals surface area (Å²) >= 11 is 0. The Bertz CT molecular complexity index is 351. The number of hydrogen-bond acceptors (Lipinski definition) is 4. The summed E-state index contributed by atoms with van der Waals surface area (Å²) in [4.78, 5) is 0. The summed E-state index contributed by atoms with van der Waals surface area (Å²) in [6.07, 6.45) is 0. The van der Waals surface area contributed by atoms with Crippen molar-refractivity contribution in [3.05, 3.63) is 35.9 Å². The molecule has 0 aliphatic carbocycles. The van der Waals surface area contributed by atoms with Crippen LogP contribution in [-0.4, -0.2) is 13.2 Å². The third kappa shape index (κ3) is 4.41. The van der Waals surface area contributed by atoms with Crippen LogP contribution in [0.15, 0.2) is 30.3 Å². The molecule has 0 spiro atoms. The van der Waals surface area contributed by atoms with Crippen molar-refractivity contribution in [2.75, 3.05) is 13.2 Å². The first kappa shape index (κ1) is 16.6. The molecule has 0 radical (unpaired) electrons. The van der Waals surface area contributed by atoms with E-state index in [1.807, 2.05) is 30.3 Å². The van der Waals surface area contributed by atoms with Gasteiger partial charge in [-0.15, -0.1) is 12.4 Å². The van der Waals surface area contributed by atoms with E-state index < -0.39 is 13.4 Å². The van der Waals surface area contributed by atoms with Crippen LogP contribution in [0.2, 0.25) is 0 Å². The van der Waals surface area contributed by atoms with Crippen LogP contribution in [0.4, 0.5) is 0 Å². The fraction of sp³-hybridized carbons (Fsp3) is 0.455. The molecule has 0 aliphatic rings. The standard InChI is InChI=1S/C11H18NO3P.ClH/c1-3-14-16(13,15-4-2)11(12)10-8-6-5-7-9-10;/h5-9,11H,3-4,12H2,1-2H3;1H/t11-;/m0./s1. The Morgan fingerprint density at radius 2 is 1.65 bits per heavy atom. The Hall–Kier alpha value is -0.380. The van der Waals surface area contributed by atoms with E-state index in [1.165, 1.54) is 0 Å². The fourth-order valence-electron chi connectivity index (χ4n) is 1.39. The van der Waals surface area contributed by atoms with Gasteiger partial charge in [0.05, 0.1) is 13.2 Å². The van der Waals surface area contributed by atoms with E-state index in [-0.39, 0.29) is 12.4 Å². The molecule has 1 atom stereocenters. The van der Waals surface area contributed by atoms with Crippen LogP contribution < -0.4 is 5.73 Å². The summed E-state index contributed by atoms with van der Waals surface area (Å²) in [7, 11) is -3.25. The monoisotopic (exact) mass is 279 g/mol. The number of hydrogen-bond donors (Lipinski definition) is 1. The van der Waals surface area contributed by atoms with Crippen LogP contribution in [0.25, 0.3) is 0 Å². The molecular formula is C11H19ClNO3P. The lowest BCUT2D eigenvalue weighted by Crippen LogP contribution is -2.14. The first-order valence-electron chi connectivity index (χ1n) is 5.33. The lowest BCUT2D eigenvalue weighted by molar-refractivity contribution is 0.212. The van der Waals surface area contributed by atoms with Gasteiger partial charge in [0.2, 0.25) is 0 Å². The number of nitrogens with two attached hydrogens (primary N) is 1. The molecule has 0 bridgehead atoms. The van der Waals surface area contributed by atoms with Crippen molar-refractivity contribution in [1.82, 2.24) is 0 Å². The van der Waals surface area contributed by atoms with Crippen LogP contribution in [0.3, 0.4) is 0 Å². The van der Waals surface area contributed by atoms with Crippen molar-refractivity contribution >= 4 is 20.0 Å². The summed E-state index contributed by atoms with van der Waals surface area (Å²) in [5, 5.41) is 0. The van der Waals surface area contributed by atoms with Crippen molar-refractivity contribution in [3.8, 4) is 0 Å². The van der Waals surface area contributed by atoms with Gasteiger partial charge >= 0.3 is 7.60 Å². The molecule has 0 saturated carbocycles. The Morgan fingerprint density at radius 3 is 2.06 bits per heavy atom. The molecule has 1 rings (SSSR count). The largest absolute Gasteiger partial charge is 0.351 e. The highest BCUT2D eigenvalue weighted by Gasteiger charge is 2.33. The van der Waals surface area contributed by atoms with Gasteiger partial charge in [0.25, 0.3) is 0 Å². The number of halogens is 1. The first-order chi connectivity index (χ1) is 7.64. The molecule has 1 aromatic carbocycles. The van der Waals surface area contributed by atoms with E-state index in [2.05, 4.69) is 0 Å². The van der Waals surface area contributed by atoms with Gasteiger partial charge < -0.3 is 14.8 Å². The quantitative estimate of drug-likeness (QED) is 0.811. The zero-order valence-electron chi connectivity index (χ0n) is 10.0. The van der Waals surface area contributed by atoms with E-state index in [0.717, 1.165) is 5.56 Å². The van der Waals surface area contributed by atoms with Gasteiger partial charge in [-0.2, -0.15) is 0 Å². The van der Waals surface area contributed by atoms with E-state index >= 15 is 0 Å². The van der Waals surface area contributed by atoms with Crippen LogP contribution in [0.1, 0.15) is 25.2 Å². The highest BCUT2D eigenvalue weighted by atomic mass is 35.5. The second kappa shape index (κ2) is 7.85. The summed E-state index contributed by atoms with van der Waals surface area (Å²) < 4.78 is 22.7. The molecule has 17 heavy (non-hydrogen) atoms. The minimum Gasteiger partial charge on any atom is -0.314 e. The molecule has 0 heterocycles. The molecule has 0 aromatic heterocycles. The maximum absolute atomic E-state index is 12.3. The van der Waals surface area contributed by atoms with Crippen molar-refractivity contribution in [2.24, 2.45) is 5.73 Å². The van der Waals surface area contributed by atoms with Gasteiger partial charge in [-0.25, -0.2) is 0 Å². The van der Waals surface area contributed by atoms with Gasteiger partial charge in [-0.3, -0.25) is 4.57 Å². The van der Waals surface area contributed by atoms with E-state index in [1.54, 1.807) is 13.8 Å². The van der Waals surface area contributed by atoms with Crippen LogP contribution in [0, 0.1) is 0 Å².